The Kier molecular flexibility index (Phi) is 8.33. The molecule has 2 aromatic rings. The van der Waals surface area contributed by atoms with Crippen molar-refractivity contribution in [2.45, 2.75) is 70.5 Å². The molecule has 2 amide bonds. The lowest BCUT2D eigenvalue weighted by Crippen LogP contribution is -2.51. The van der Waals surface area contributed by atoms with E-state index in [0.29, 0.717) is 44.0 Å². The van der Waals surface area contributed by atoms with E-state index in [0.717, 1.165) is 48.3 Å². The highest BCUT2D eigenvalue weighted by Crippen LogP contribution is 2.31. The number of rotatable bonds is 9. The third-order valence-electron chi connectivity index (χ3n) is 6.59. The lowest BCUT2D eigenvalue weighted by Gasteiger charge is -2.31. The highest BCUT2D eigenvalue weighted by molar-refractivity contribution is 6.30. The number of nitrogens with zero attached hydrogens (tertiary/aromatic N) is 1. The van der Waals surface area contributed by atoms with Gasteiger partial charge in [0.2, 0.25) is 11.8 Å². The van der Waals surface area contributed by atoms with Crippen LogP contribution in [0.3, 0.4) is 0 Å². The van der Waals surface area contributed by atoms with Crippen LogP contribution < -0.4 is 14.8 Å². The molecule has 1 aliphatic heterocycles. The van der Waals surface area contributed by atoms with Gasteiger partial charge in [0.25, 0.3) is 0 Å². The Balaban J connectivity index is 1.47. The van der Waals surface area contributed by atoms with Crippen LogP contribution in [0.25, 0.3) is 0 Å². The van der Waals surface area contributed by atoms with Crippen molar-refractivity contribution in [2.75, 3.05) is 13.2 Å². The number of nitrogens with one attached hydrogen (secondary N) is 1. The van der Waals surface area contributed by atoms with Crippen molar-refractivity contribution < 1.29 is 19.1 Å². The summed E-state index contributed by atoms with van der Waals surface area (Å²) in [6.45, 7) is 3.40. The Morgan fingerprint density at radius 1 is 1.03 bits per heavy atom. The zero-order valence-electron chi connectivity index (χ0n) is 19.7. The maximum absolute atomic E-state index is 13.5. The van der Waals surface area contributed by atoms with E-state index in [9.17, 15) is 9.59 Å². The van der Waals surface area contributed by atoms with Crippen molar-refractivity contribution in [3.63, 3.8) is 0 Å². The van der Waals surface area contributed by atoms with Crippen LogP contribution in [-0.4, -0.2) is 42.0 Å². The molecule has 2 aromatic carbocycles. The average Bonchev–Trinajstić information content (AvgIpc) is 3.36. The van der Waals surface area contributed by atoms with Gasteiger partial charge in [-0.3, -0.25) is 9.59 Å². The lowest BCUT2D eigenvalue weighted by atomic mass is 10.0. The molecule has 1 aliphatic carbocycles. The summed E-state index contributed by atoms with van der Waals surface area (Å²) in [7, 11) is 0. The Morgan fingerprint density at radius 2 is 1.71 bits per heavy atom. The predicted molar refractivity (Wildman–Crippen MR) is 132 cm³/mol. The lowest BCUT2D eigenvalue weighted by molar-refractivity contribution is -0.141. The molecule has 1 unspecified atom stereocenters. The fraction of sp³-hybridized carbons (Fsp3) is 0.481. The summed E-state index contributed by atoms with van der Waals surface area (Å²) < 4.78 is 11.3. The fourth-order valence-corrected chi connectivity index (χ4v) is 4.84. The van der Waals surface area contributed by atoms with Crippen molar-refractivity contribution in [1.82, 2.24) is 10.2 Å². The van der Waals surface area contributed by atoms with Crippen LogP contribution in [0.5, 0.6) is 11.5 Å². The monoisotopic (exact) mass is 484 g/mol. The summed E-state index contributed by atoms with van der Waals surface area (Å²) in [5.41, 5.74) is 1.96. The number of halogens is 1. The van der Waals surface area contributed by atoms with Gasteiger partial charge < -0.3 is 19.7 Å². The van der Waals surface area contributed by atoms with Crippen molar-refractivity contribution in [1.29, 1.82) is 0 Å². The number of fused-ring (bicyclic) bond motifs is 1. The first-order valence-corrected chi connectivity index (χ1v) is 12.6. The normalized spacial score (nSPS) is 16.2. The third kappa shape index (κ3) is 6.23. The number of aryl methyl sites for hydroxylation is 1. The van der Waals surface area contributed by atoms with Crippen LogP contribution in [0.4, 0.5) is 0 Å². The molecule has 0 saturated heterocycles. The molecule has 4 rings (SSSR count). The van der Waals surface area contributed by atoms with Crippen molar-refractivity contribution in [3.05, 3.63) is 58.6 Å². The summed E-state index contributed by atoms with van der Waals surface area (Å²) in [5.74, 6) is 1.35. The van der Waals surface area contributed by atoms with Crippen LogP contribution >= 0.6 is 11.6 Å². The van der Waals surface area contributed by atoms with Gasteiger partial charge in [0.1, 0.15) is 19.3 Å². The molecule has 0 bridgehead atoms. The molecule has 1 fully saturated rings. The number of carbonyl (C=O) groups excluding carboxylic acids is 2. The molecule has 34 heavy (non-hydrogen) atoms. The van der Waals surface area contributed by atoms with Crippen LogP contribution in [0.15, 0.2) is 42.5 Å². The van der Waals surface area contributed by atoms with Gasteiger partial charge in [0.15, 0.2) is 11.5 Å². The van der Waals surface area contributed by atoms with E-state index in [4.69, 9.17) is 21.1 Å². The van der Waals surface area contributed by atoms with Gasteiger partial charge in [-0.2, -0.15) is 0 Å². The Bertz CT molecular complexity index is 989. The Morgan fingerprint density at radius 3 is 2.41 bits per heavy atom. The van der Waals surface area contributed by atoms with Gasteiger partial charge in [-0.05, 0) is 61.1 Å². The zero-order chi connectivity index (χ0) is 23.9. The molecule has 1 heterocycles. The van der Waals surface area contributed by atoms with Crippen molar-refractivity contribution in [2.24, 2.45) is 0 Å². The summed E-state index contributed by atoms with van der Waals surface area (Å²) in [5, 5.41) is 3.83. The second kappa shape index (κ2) is 11.6. The second-order valence-corrected chi connectivity index (χ2v) is 9.48. The zero-order valence-corrected chi connectivity index (χ0v) is 20.5. The summed E-state index contributed by atoms with van der Waals surface area (Å²) >= 11 is 6.05. The first kappa shape index (κ1) is 24.4. The molecule has 182 valence electrons. The minimum absolute atomic E-state index is 0.0433. The number of hydrogen-bond acceptors (Lipinski definition) is 4. The van der Waals surface area contributed by atoms with E-state index in [1.807, 2.05) is 49.4 Å². The number of amides is 2. The first-order chi connectivity index (χ1) is 16.5. The molecular weight excluding hydrogens is 452 g/mol. The first-order valence-electron chi connectivity index (χ1n) is 12.3. The third-order valence-corrected chi connectivity index (χ3v) is 6.84. The van der Waals surface area contributed by atoms with E-state index in [1.165, 1.54) is 0 Å². The summed E-state index contributed by atoms with van der Waals surface area (Å²) in [6.07, 6.45) is 5.74. The van der Waals surface area contributed by atoms with Crippen LogP contribution in [-0.2, 0) is 22.6 Å². The highest BCUT2D eigenvalue weighted by atomic mass is 35.5. The quantitative estimate of drug-likeness (QED) is 0.549. The van der Waals surface area contributed by atoms with Crippen LogP contribution in [0.1, 0.15) is 56.6 Å². The summed E-state index contributed by atoms with van der Waals surface area (Å²) in [6, 6.07) is 12.9. The van der Waals surface area contributed by atoms with Crippen LogP contribution in [0.2, 0.25) is 5.02 Å². The summed E-state index contributed by atoms with van der Waals surface area (Å²) in [4.78, 5) is 28.4. The van der Waals surface area contributed by atoms with Gasteiger partial charge in [-0.15, -0.1) is 0 Å². The van der Waals surface area contributed by atoms with Gasteiger partial charge >= 0.3 is 0 Å². The van der Waals surface area contributed by atoms with E-state index >= 15 is 0 Å². The fourth-order valence-electron chi connectivity index (χ4n) is 4.71. The smallest absolute Gasteiger partial charge is 0.243 e. The number of hydrogen-bond donors (Lipinski definition) is 1. The largest absolute Gasteiger partial charge is 0.486 e. The van der Waals surface area contributed by atoms with E-state index in [1.54, 1.807) is 4.90 Å². The number of ether oxygens (including phenoxy) is 2. The second-order valence-electron chi connectivity index (χ2n) is 9.04. The number of carbonyl (C=O) groups is 2. The topological polar surface area (TPSA) is 67.9 Å². The molecule has 0 radical (unpaired) electrons. The van der Waals surface area contributed by atoms with Gasteiger partial charge in [-0.1, -0.05) is 49.6 Å². The number of benzene rings is 2. The highest BCUT2D eigenvalue weighted by Gasteiger charge is 2.30. The molecule has 1 atom stereocenters. The van der Waals surface area contributed by atoms with E-state index in [-0.39, 0.29) is 17.9 Å². The molecule has 6 nitrogen and oxygen atoms in total. The van der Waals surface area contributed by atoms with E-state index in [2.05, 4.69) is 5.32 Å². The van der Waals surface area contributed by atoms with Gasteiger partial charge in [0.05, 0.1) is 0 Å². The van der Waals surface area contributed by atoms with Crippen molar-refractivity contribution in [3.8, 4) is 11.5 Å². The van der Waals surface area contributed by atoms with Gasteiger partial charge in [0, 0.05) is 24.0 Å². The maximum atomic E-state index is 13.5. The maximum Gasteiger partial charge on any atom is 0.243 e. The standard InChI is InChI=1S/C27H33ClN2O4/c1-2-23(27(32)29-22-5-3-4-6-22)30(18-20-7-11-21(28)12-8-20)26(31)14-10-19-9-13-24-25(17-19)34-16-15-33-24/h7-9,11-13,17,22-23H,2-6,10,14-16,18H2,1H3,(H,29,32). The molecule has 1 N–H and O–H groups in total. The molecule has 7 heteroatoms. The van der Waals surface area contributed by atoms with Gasteiger partial charge in [-0.25, -0.2) is 0 Å². The average molecular weight is 485 g/mol. The molecule has 0 aromatic heterocycles. The minimum Gasteiger partial charge on any atom is -0.486 e. The van der Waals surface area contributed by atoms with Crippen LogP contribution in [0, 0.1) is 0 Å². The van der Waals surface area contributed by atoms with E-state index < -0.39 is 6.04 Å². The van der Waals surface area contributed by atoms with Crippen molar-refractivity contribution >= 4 is 23.4 Å². The molecule has 0 spiro atoms. The minimum atomic E-state index is -0.510. The molecule has 2 aliphatic rings. The molecule has 1 saturated carbocycles. The SMILES string of the molecule is CCC(C(=O)NC1CCCC1)N(Cc1ccc(Cl)cc1)C(=O)CCc1ccc2c(c1)OCCO2. The predicted octanol–water partition coefficient (Wildman–Crippen LogP) is 4.91. The molecular formula is C27H33ClN2O4. The Hall–Kier alpha value is -2.73. The Labute approximate surface area is 206 Å².